The van der Waals surface area contributed by atoms with Crippen molar-refractivity contribution in [2.75, 3.05) is 45.9 Å². The Bertz CT molecular complexity index is 1190. The lowest BCUT2D eigenvalue weighted by Crippen LogP contribution is -2.40. The number of amides is 1. The molecule has 0 rings (SSSR count). The fraction of sp³-hybridized carbons (Fsp3) is 0.900. The molecule has 69 heavy (non-hydrogen) atoms. The summed E-state index contributed by atoms with van der Waals surface area (Å²) in [6.07, 6.45) is 45.6. The summed E-state index contributed by atoms with van der Waals surface area (Å²) in [6, 6.07) is 0. The Hall–Kier alpha value is -2.42. The van der Waals surface area contributed by atoms with Gasteiger partial charge in [-0.3, -0.25) is 19.2 Å². The van der Waals surface area contributed by atoms with Crippen LogP contribution in [0.3, 0.4) is 0 Å². The van der Waals surface area contributed by atoms with Crippen LogP contribution in [-0.2, 0) is 33.4 Å². The Morgan fingerprint density at radius 2 is 0.783 bits per heavy atom. The van der Waals surface area contributed by atoms with Crippen molar-refractivity contribution in [3.8, 4) is 0 Å². The van der Waals surface area contributed by atoms with Crippen molar-refractivity contribution in [3.05, 3.63) is 12.2 Å². The molecule has 9 nitrogen and oxygen atoms in total. The molecular formula is C60H114N2O7. The second-order valence-corrected chi connectivity index (χ2v) is 20.4. The lowest BCUT2D eigenvalue weighted by molar-refractivity contribution is -0.151. The van der Waals surface area contributed by atoms with E-state index in [2.05, 4.69) is 58.6 Å². The van der Waals surface area contributed by atoms with Crippen LogP contribution < -0.4 is 0 Å². The molecule has 0 aromatic carbocycles. The van der Waals surface area contributed by atoms with Crippen molar-refractivity contribution in [2.24, 2.45) is 5.92 Å². The highest BCUT2D eigenvalue weighted by atomic mass is 16.5. The summed E-state index contributed by atoms with van der Waals surface area (Å²) >= 11 is 0. The fourth-order valence-electron chi connectivity index (χ4n) is 9.10. The van der Waals surface area contributed by atoms with Gasteiger partial charge in [-0.1, -0.05) is 195 Å². The van der Waals surface area contributed by atoms with E-state index in [1.807, 2.05) is 4.90 Å². The summed E-state index contributed by atoms with van der Waals surface area (Å²) in [5, 5.41) is 0. The molecule has 0 radical (unpaired) electrons. The van der Waals surface area contributed by atoms with Crippen LogP contribution in [0.4, 0.5) is 0 Å². The molecule has 0 aliphatic rings. The van der Waals surface area contributed by atoms with Gasteiger partial charge < -0.3 is 24.0 Å². The Balaban J connectivity index is 5.12. The number of allylic oxidation sites excluding steroid dienone is 2. The second kappa shape index (κ2) is 51.9. The zero-order chi connectivity index (χ0) is 50.7. The highest BCUT2D eigenvalue weighted by molar-refractivity contribution is 5.76. The summed E-state index contributed by atoms with van der Waals surface area (Å²) in [6.45, 7) is 17.4. The molecule has 0 bridgehead atoms. The first-order valence-electron chi connectivity index (χ1n) is 29.9. The van der Waals surface area contributed by atoms with Gasteiger partial charge in [-0.2, -0.15) is 0 Å². The van der Waals surface area contributed by atoms with E-state index >= 15 is 0 Å². The monoisotopic (exact) mass is 975 g/mol. The van der Waals surface area contributed by atoms with Gasteiger partial charge in [0.05, 0.1) is 13.2 Å². The predicted molar refractivity (Wildman–Crippen MR) is 292 cm³/mol. The molecule has 0 saturated carbocycles. The number of carbonyl (C=O) groups excluding carboxylic acids is 4. The number of unbranched alkanes of at least 4 members (excludes halogenated alkanes) is 26. The quantitative estimate of drug-likeness (QED) is 0.0257. The van der Waals surface area contributed by atoms with Gasteiger partial charge in [0.25, 0.3) is 0 Å². The first-order chi connectivity index (χ1) is 33.7. The van der Waals surface area contributed by atoms with Crippen LogP contribution in [0, 0.1) is 5.92 Å². The van der Waals surface area contributed by atoms with E-state index in [1.165, 1.54) is 116 Å². The highest BCUT2D eigenvalue weighted by Crippen LogP contribution is 2.19. The van der Waals surface area contributed by atoms with Gasteiger partial charge in [-0.25, -0.2) is 0 Å². The molecule has 0 aromatic rings. The minimum atomic E-state index is -0.299. The first-order valence-corrected chi connectivity index (χ1v) is 29.9. The Morgan fingerprint density at radius 3 is 1.23 bits per heavy atom. The number of rotatable bonds is 53. The van der Waals surface area contributed by atoms with Gasteiger partial charge in [0.2, 0.25) is 5.91 Å². The van der Waals surface area contributed by atoms with E-state index in [9.17, 15) is 19.2 Å². The number of carbonyl (C=O) groups is 4. The van der Waals surface area contributed by atoms with Gasteiger partial charge in [0.15, 0.2) is 0 Å². The third kappa shape index (κ3) is 45.2. The maximum Gasteiger partial charge on any atom is 0.306 e. The van der Waals surface area contributed by atoms with Gasteiger partial charge in [0.1, 0.15) is 6.10 Å². The largest absolute Gasteiger partial charge is 0.465 e. The van der Waals surface area contributed by atoms with Crippen LogP contribution in [0.1, 0.15) is 292 Å². The van der Waals surface area contributed by atoms with Gasteiger partial charge in [-0.15, -0.1) is 0 Å². The van der Waals surface area contributed by atoms with Crippen LogP contribution in [0.25, 0.3) is 0 Å². The van der Waals surface area contributed by atoms with E-state index in [1.54, 1.807) is 0 Å². The molecule has 0 aliphatic carbocycles. The highest BCUT2D eigenvalue weighted by Gasteiger charge is 2.23. The van der Waals surface area contributed by atoms with Crippen LogP contribution in [0.2, 0.25) is 0 Å². The standard InChI is InChI=1S/C60H114N2O7/c1-7-13-17-21-23-24-25-26-27-28-29-30-31-34-40-47-58(64)67-53-55(52-62(51-43-50-61(11-5)12-6)57(63)46-39-32-19-15-9-3)54-68-59(65)48-41-35-36-42-49-60(66)69-56(44-37-20-16-10-4)45-38-33-22-18-14-8-2/h26-27,55-56H,7-25,28-54H2,1-6H3/b27-26-. The molecule has 0 aromatic heterocycles. The second-order valence-electron chi connectivity index (χ2n) is 20.4. The van der Waals surface area contributed by atoms with E-state index in [-0.39, 0.29) is 49.1 Å². The van der Waals surface area contributed by atoms with E-state index in [4.69, 9.17) is 14.2 Å². The van der Waals surface area contributed by atoms with Crippen LogP contribution in [-0.4, -0.2) is 85.7 Å². The molecule has 2 unspecified atom stereocenters. The fourth-order valence-corrected chi connectivity index (χ4v) is 9.10. The van der Waals surface area contributed by atoms with E-state index < -0.39 is 0 Å². The molecule has 0 saturated heterocycles. The summed E-state index contributed by atoms with van der Waals surface area (Å²) < 4.78 is 17.7. The molecular weight excluding hydrogens is 861 g/mol. The van der Waals surface area contributed by atoms with Crippen molar-refractivity contribution in [3.63, 3.8) is 0 Å². The summed E-state index contributed by atoms with van der Waals surface area (Å²) in [5.41, 5.74) is 0. The topological polar surface area (TPSA) is 102 Å². The van der Waals surface area contributed by atoms with Crippen LogP contribution in [0.15, 0.2) is 12.2 Å². The molecule has 2 atom stereocenters. The van der Waals surface area contributed by atoms with Crippen molar-refractivity contribution in [1.82, 2.24) is 9.80 Å². The average Bonchev–Trinajstić information content (AvgIpc) is 3.35. The van der Waals surface area contributed by atoms with E-state index in [0.717, 1.165) is 122 Å². The maximum atomic E-state index is 13.7. The SMILES string of the molecule is CCCCCCCC/C=C\CCCCCCCC(=O)OCC(COC(=O)CCCCCCC(=O)OC(CCCCCC)CCCCCCCC)CN(CCCN(CC)CC)C(=O)CCCCCCC. The zero-order valence-electron chi connectivity index (χ0n) is 46.6. The summed E-state index contributed by atoms with van der Waals surface area (Å²) in [7, 11) is 0. The molecule has 0 N–H and O–H groups in total. The lowest BCUT2D eigenvalue weighted by Gasteiger charge is -2.29. The van der Waals surface area contributed by atoms with Gasteiger partial charge >= 0.3 is 17.9 Å². The smallest absolute Gasteiger partial charge is 0.306 e. The van der Waals surface area contributed by atoms with Crippen LogP contribution >= 0.6 is 0 Å². The Labute approximate surface area is 427 Å². The number of esters is 3. The average molecular weight is 976 g/mol. The minimum absolute atomic E-state index is 0.0351. The lowest BCUT2D eigenvalue weighted by atomic mass is 10.0. The number of ether oxygens (including phenoxy) is 3. The van der Waals surface area contributed by atoms with Crippen LogP contribution in [0.5, 0.6) is 0 Å². The maximum absolute atomic E-state index is 13.7. The number of hydrogen-bond donors (Lipinski definition) is 0. The third-order valence-corrected chi connectivity index (χ3v) is 13.8. The van der Waals surface area contributed by atoms with Crippen molar-refractivity contribution >= 4 is 23.8 Å². The minimum Gasteiger partial charge on any atom is -0.465 e. The van der Waals surface area contributed by atoms with Crippen molar-refractivity contribution in [2.45, 2.75) is 298 Å². The Kier molecular flexibility index (Phi) is 50.1. The molecule has 0 fully saturated rings. The van der Waals surface area contributed by atoms with Gasteiger partial charge in [0, 0.05) is 44.7 Å². The molecule has 1 amide bonds. The van der Waals surface area contributed by atoms with Crippen molar-refractivity contribution in [1.29, 1.82) is 0 Å². The first kappa shape index (κ1) is 66.6. The molecule has 0 spiro atoms. The summed E-state index contributed by atoms with van der Waals surface area (Å²) in [5.74, 6) is -0.742. The van der Waals surface area contributed by atoms with Crippen molar-refractivity contribution < 1.29 is 33.4 Å². The number of nitrogens with zero attached hydrogens (tertiary/aromatic N) is 2. The van der Waals surface area contributed by atoms with Gasteiger partial charge in [-0.05, 0) is 103 Å². The molecule has 9 heteroatoms. The van der Waals surface area contributed by atoms with E-state index in [0.29, 0.717) is 45.2 Å². The predicted octanol–water partition coefficient (Wildman–Crippen LogP) is 16.6. The molecule has 406 valence electrons. The third-order valence-electron chi connectivity index (χ3n) is 13.8. The number of hydrogen-bond acceptors (Lipinski definition) is 8. The summed E-state index contributed by atoms with van der Waals surface area (Å²) in [4.78, 5) is 56.9. The Morgan fingerprint density at radius 1 is 0.406 bits per heavy atom. The molecule has 0 aliphatic heterocycles. The normalized spacial score (nSPS) is 12.4. The molecule has 0 heterocycles. The zero-order valence-corrected chi connectivity index (χ0v) is 46.6.